The molecule has 1 aliphatic heterocycles. The third-order valence-electron chi connectivity index (χ3n) is 3.38. The Hall–Kier alpha value is -1.59. The Morgan fingerprint density at radius 3 is 2.89 bits per heavy atom. The van der Waals surface area contributed by atoms with Crippen molar-refractivity contribution in [1.82, 2.24) is 0 Å². The molecular formula is C14H20N2O3. The molecule has 1 aliphatic rings. The van der Waals surface area contributed by atoms with E-state index in [0.717, 1.165) is 16.9 Å². The Morgan fingerprint density at radius 1 is 1.47 bits per heavy atom. The zero-order chi connectivity index (χ0) is 14.0. The summed E-state index contributed by atoms with van der Waals surface area (Å²) in [5.41, 5.74) is 2.57. The topological polar surface area (TPSA) is 81.6 Å². The van der Waals surface area contributed by atoms with Crippen molar-refractivity contribution < 1.29 is 15.0 Å². The lowest BCUT2D eigenvalue weighted by molar-refractivity contribution is -0.117. The van der Waals surface area contributed by atoms with Crippen molar-refractivity contribution in [3.05, 3.63) is 23.8 Å². The van der Waals surface area contributed by atoms with E-state index in [0.29, 0.717) is 6.42 Å². The Labute approximate surface area is 112 Å². The second-order valence-corrected chi connectivity index (χ2v) is 5.59. The summed E-state index contributed by atoms with van der Waals surface area (Å²) in [5, 5.41) is 24.0. The second kappa shape index (κ2) is 5.19. The first-order valence-corrected chi connectivity index (χ1v) is 6.39. The third kappa shape index (κ3) is 3.05. The number of hydrogen-bond acceptors (Lipinski definition) is 4. The number of carbonyl (C=O) groups excluding carboxylic acids is 1. The highest BCUT2D eigenvalue weighted by atomic mass is 16.3. The molecule has 104 valence electrons. The molecule has 0 fully saturated rings. The quantitative estimate of drug-likeness (QED) is 0.656. The summed E-state index contributed by atoms with van der Waals surface area (Å²) in [6, 6.07) is 5.77. The molecule has 4 N–H and O–H groups in total. The molecular weight excluding hydrogens is 244 g/mol. The third-order valence-corrected chi connectivity index (χ3v) is 3.38. The Bertz CT molecular complexity index is 486. The number of carbonyl (C=O) groups is 1. The number of fused-ring (bicyclic) bond motifs is 1. The van der Waals surface area contributed by atoms with E-state index >= 15 is 0 Å². The SMILES string of the molecule is CC1(C)CC(=O)Nc2cc(NCC(O)CO)ccc21. The highest BCUT2D eigenvalue weighted by Gasteiger charge is 2.31. The fourth-order valence-corrected chi connectivity index (χ4v) is 2.34. The van der Waals surface area contributed by atoms with Crippen LogP contribution in [0.1, 0.15) is 25.8 Å². The molecule has 19 heavy (non-hydrogen) atoms. The normalized spacial score (nSPS) is 18.4. The molecule has 1 heterocycles. The van der Waals surface area contributed by atoms with Gasteiger partial charge in [0.15, 0.2) is 0 Å². The van der Waals surface area contributed by atoms with Crippen LogP contribution in [0.2, 0.25) is 0 Å². The Kier molecular flexibility index (Phi) is 3.78. The first-order chi connectivity index (χ1) is 8.92. The molecule has 0 saturated carbocycles. The van der Waals surface area contributed by atoms with E-state index in [9.17, 15) is 9.90 Å². The highest BCUT2D eigenvalue weighted by molar-refractivity contribution is 5.96. The van der Waals surface area contributed by atoms with E-state index in [1.54, 1.807) is 0 Å². The minimum Gasteiger partial charge on any atom is -0.394 e. The van der Waals surface area contributed by atoms with Crippen LogP contribution in [0.25, 0.3) is 0 Å². The number of anilines is 2. The van der Waals surface area contributed by atoms with Crippen molar-refractivity contribution in [3.8, 4) is 0 Å². The van der Waals surface area contributed by atoms with Gasteiger partial charge in [0.05, 0.1) is 12.7 Å². The van der Waals surface area contributed by atoms with E-state index in [1.165, 1.54) is 0 Å². The van der Waals surface area contributed by atoms with Gasteiger partial charge in [-0.2, -0.15) is 0 Å². The predicted octanol–water partition coefficient (Wildman–Crippen LogP) is 1.07. The van der Waals surface area contributed by atoms with Crippen molar-refractivity contribution in [3.63, 3.8) is 0 Å². The van der Waals surface area contributed by atoms with Gasteiger partial charge in [-0.25, -0.2) is 0 Å². The lowest BCUT2D eigenvalue weighted by Gasteiger charge is -2.32. The van der Waals surface area contributed by atoms with Gasteiger partial charge in [-0.05, 0) is 17.7 Å². The van der Waals surface area contributed by atoms with Crippen LogP contribution in [0, 0.1) is 0 Å². The summed E-state index contributed by atoms with van der Waals surface area (Å²) in [7, 11) is 0. The number of nitrogens with one attached hydrogen (secondary N) is 2. The van der Waals surface area contributed by atoms with Crippen LogP contribution >= 0.6 is 0 Å². The van der Waals surface area contributed by atoms with Gasteiger partial charge in [-0.15, -0.1) is 0 Å². The standard InChI is InChI=1S/C14H20N2O3/c1-14(2)6-13(19)16-12-5-9(3-4-11(12)14)15-7-10(18)8-17/h3-5,10,15,17-18H,6-8H2,1-2H3,(H,16,19). The number of aliphatic hydroxyl groups is 2. The van der Waals surface area contributed by atoms with Crippen molar-refractivity contribution in [2.45, 2.75) is 31.8 Å². The molecule has 1 amide bonds. The van der Waals surface area contributed by atoms with Crippen molar-refractivity contribution in [2.75, 3.05) is 23.8 Å². The molecule has 5 heteroatoms. The second-order valence-electron chi connectivity index (χ2n) is 5.59. The fraction of sp³-hybridized carbons (Fsp3) is 0.500. The summed E-state index contributed by atoms with van der Waals surface area (Å²) in [6.45, 7) is 4.09. The van der Waals surface area contributed by atoms with Crippen LogP contribution in [0.15, 0.2) is 18.2 Å². The van der Waals surface area contributed by atoms with Crippen LogP contribution < -0.4 is 10.6 Å². The van der Waals surface area contributed by atoms with Crippen LogP contribution in [0.5, 0.6) is 0 Å². The van der Waals surface area contributed by atoms with Gasteiger partial charge >= 0.3 is 0 Å². The lowest BCUT2D eigenvalue weighted by Crippen LogP contribution is -2.32. The lowest BCUT2D eigenvalue weighted by atomic mass is 9.78. The molecule has 2 rings (SSSR count). The molecule has 1 aromatic carbocycles. The minimum atomic E-state index is -0.790. The van der Waals surface area contributed by atoms with Gasteiger partial charge in [0, 0.05) is 29.8 Å². The molecule has 1 unspecified atom stereocenters. The largest absolute Gasteiger partial charge is 0.394 e. The zero-order valence-electron chi connectivity index (χ0n) is 11.2. The van der Waals surface area contributed by atoms with E-state index in [2.05, 4.69) is 10.6 Å². The van der Waals surface area contributed by atoms with E-state index in [-0.39, 0.29) is 24.5 Å². The van der Waals surface area contributed by atoms with Crippen LogP contribution in [0.3, 0.4) is 0 Å². The Balaban J connectivity index is 2.19. The average molecular weight is 264 g/mol. The average Bonchev–Trinajstić information content (AvgIpc) is 2.34. The van der Waals surface area contributed by atoms with Crippen molar-refractivity contribution in [1.29, 1.82) is 0 Å². The minimum absolute atomic E-state index is 0.0186. The van der Waals surface area contributed by atoms with Crippen LogP contribution in [0.4, 0.5) is 11.4 Å². The zero-order valence-corrected chi connectivity index (χ0v) is 11.2. The molecule has 0 saturated heterocycles. The molecule has 0 radical (unpaired) electrons. The molecule has 5 nitrogen and oxygen atoms in total. The Morgan fingerprint density at radius 2 is 2.21 bits per heavy atom. The van der Waals surface area contributed by atoms with E-state index in [4.69, 9.17) is 5.11 Å². The van der Waals surface area contributed by atoms with Gasteiger partial charge in [-0.3, -0.25) is 4.79 Å². The summed E-state index contributed by atoms with van der Waals surface area (Å²) >= 11 is 0. The molecule has 1 atom stereocenters. The number of amides is 1. The van der Waals surface area contributed by atoms with Gasteiger partial charge < -0.3 is 20.8 Å². The molecule has 1 aromatic rings. The van der Waals surface area contributed by atoms with Crippen LogP contribution in [-0.4, -0.2) is 35.4 Å². The summed E-state index contributed by atoms with van der Waals surface area (Å²) in [4.78, 5) is 11.7. The van der Waals surface area contributed by atoms with Crippen molar-refractivity contribution in [2.24, 2.45) is 0 Å². The molecule has 0 bridgehead atoms. The molecule has 0 spiro atoms. The maximum absolute atomic E-state index is 11.7. The van der Waals surface area contributed by atoms with Crippen molar-refractivity contribution >= 4 is 17.3 Å². The van der Waals surface area contributed by atoms with Gasteiger partial charge in [0.2, 0.25) is 5.91 Å². The van der Waals surface area contributed by atoms with Gasteiger partial charge in [0.25, 0.3) is 0 Å². The molecule has 0 aliphatic carbocycles. The fourth-order valence-electron chi connectivity index (χ4n) is 2.34. The first kappa shape index (κ1) is 13.8. The highest BCUT2D eigenvalue weighted by Crippen LogP contribution is 2.38. The maximum atomic E-state index is 11.7. The maximum Gasteiger partial charge on any atom is 0.225 e. The summed E-state index contributed by atoms with van der Waals surface area (Å²) in [6.07, 6.45) is -0.308. The number of hydrogen-bond donors (Lipinski definition) is 4. The van der Waals surface area contributed by atoms with Crippen LogP contribution in [-0.2, 0) is 10.2 Å². The predicted molar refractivity (Wildman–Crippen MR) is 74.3 cm³/mol. The first-order valence-electron chi connectivity index (χ1n) is 6.39. The van der Waals surface area contributed by atoms with E-state index < -0.39 is 6.10 Å². The number of aliphatic hydroxyl groups excluding tert-OH is 2. The summed E-state index contributed by atoms with van der Waals surface area (Å²) in [5.74, 6) is 0.0186. The van der Waals surface area contributed by atoms with E-state index in [1.807, 2.05) is 32.0 Å². The molecule has 0 aromatic heterocycles. The summed E-state index contributed by atoms with van der Waals surface area (Å²) < 4.78 is 0. The van der Waals surface area contributed by atoms with Gasteiger partial charge in [-0.1, -0.05) is 19.9 Å². The number of rotatable bonds is 4. The number of benzene rings is 1. The monoisotopic (exact) mass is 264 g/mol. The van der Waals surface area contributed by atoms with Gasteiger partial charge in [0.1, 0.15) is 0 Å². The smallest absolute Gasteiger partial charge is 0.225 e.